The zero-order chi connectivity index (χ0) is 20.1. The number of rotatable bonds is 6. The maximum atomic E-state index is 12.5. The summed E-state index contributed by atoms with van der Waals surface area (Å²) in [6.07, 6.45) is -0.0895. The Morgan fingerprint density at radius 2 is 2.04 bits per heavy atom. The lowest BCUT2D eigenvalue weighted by molar-refractivity contribution is -0.384. The van der Waals surface area contributed by atoms with Crippen molar-refractivity contribution >= 4 is 23.3 Å². The molecule has 8 heteroatoms. The number of anilines is 1. The van der Waals surface area contributed by atoms with Crippen LogP contribution in [-0.2, 0) is 20.9 Å². The molecule has 1 N–H and O–H groups in total. The zero-order valence-electron chi connectivity index (χ0n) is 15.5. The standard InChI is InChI=1S/C20H21N3O5/c1-14-7-8-16(23(26)27)11-17(14)21-19(24)12-18-20(25)28-10-9-22(18)13-15-5-3-2-4-6-15/h2-8,11,18H,9-10,12-13H2,1H3,(H,21,24). The molecule has 0 saturated carbocycles. The molecule has 146 valence electrons. The molecule has 1 fully saturated rings. The molecule has 0 aliphatic carbocycles. The Morgan fingerprint density at radius 1 is 1.29 bits per heavy atom. The van der Waals surface area contributed by atoms with E-state index < -0.39 is 22.8 Å². The van der Waals surface area contributed by atoms with Crippen LogP contribution in [0.5, 0.6) is 0 Å². The number of ether oxygens (including phenoxy) is 1. The lowest BCUT2D eigenvalue weighted by Crippen LogP contribution is -2.49. The minimum absolute atomic E-state index is 0.0895. The monoisotopic (exact) mass is 383 g/mol. The SMILES string of the molecule is Cc1ccc([N+](=O)[O-])cc1NC(=O)CC1C(=O)OCCN1Cc1ccccc1. The number of aryl methyl sites for hydroxylation is 1. The largest absolute Gasteiger partial charge is 0.463 e. The molecule has 0 aromatic heterocycles. The number of non-ortho nitro benzene ring substituents is 1. The van der Waals surface area contributed by atoms with Gasteiger partial charge in [0.15, 0.2) is 0 Å². The van der Waals surface area contributed by atoms with E-state index in [0.717, 1.165) is 5.56 Å². The van der Waals surface area contributed by atoms with Crippen molar-refractivity contribution < 1.29 is 19.2 Å². The van der Waals surface area contributed by atoms with E-state index in [1.807, 2.05) is 35.2 Å². The molecule has 1 heterocycles. The molecule has 2 aromatic carbocycles. The molecule has 0 radical (unpaired) electrons. The van der Waals surface area contributed by atoms with Gasteiger partial charge in [-0.2, -0.15) is 0 Å². The third-order valence-corrected chi connectivity index (χ3v) is 4.65. The van der Waals surface area contributed by atoms with Gasteiger partial charge in [-0.3, -0.25) is 24.6 Å². The fraction of sp³-hybridized carbons (Fsp3) is 0.300. The molecule has 28 heavy (non-hydrogen) atoms. The van der Waals surface area contributed by atoms with Crippen molar-refractivity contribution in [1.29, 1.82) is 0 Å². The molecule has 1 atom stereocenters. The van der Waals surface area contributed by atoms with Crippen molar-refractivity contribution in [2.45, 2.75) is 25.9 Å². The van der Waals surface area contributed by atoms with Crippen LogP contribution in [-0.4, -0.2) is 40.9 Å². The highest BCUT2D eigenvalue weighted by Gasteiger charge is 2.33. The maximum Gasteiger partial charge on any atom is 0.323 e. The van der Waals surface area contributed by atoms with E-state index in [9.17, 15) is 19.7 Å². The summed E-state index contributed by atoms with van der Waals surface area (Å²) in [5, 5.41) is 13.6. The fourth-order valence-corrected chi connectivity index (χ4v) is 3.12. The summed E-state index contributed by atoms with van der Waals surface area (Å²) in [4.78, 5) is 37.2. The quantitative estimate of drug-likeness (QED) is 0.467. The molecular weight excluding hydrogens is 362 g/mol. The van der Waals surface area contributed by atoms with Crippen molar-refractivity contribution in [1.82, 2.24) is 4.90 Å². The average Bonchev–Trinajstić information content (AvgIpc) is 2.67. The first-order valence-corrected chi connectivity index (χ1v) is 8.93. The molecule has 0 spiro atoms. The average molecular weight is 383 g/mol. The topological polar surface area (TPSA) is 102 Å². The second-order valence-electron chi connectivity index (χ2n) is 6.65. The number of carbonyl (C=O) groups is 2. The Bertz CT molecular complexity index is 885. The number of hydrogen-bond acceptors (Lipinski definition) is 6. The number of esters is 1. The molecule has 1 saturated heterocycles. The lowest BCUT2D eigenvalue weighted by atomic mass is 10.1. The van der Waals surface area contributed by atoms with Gasteiger partial charge in [-0.05, 0) is 18.1 Å². The van der Waals surface area contributed by atoms with E-state index in [2.05, 4.69) is 5.32 Å². The number of nitrogens with zero attached hydrogens (tertiary/aromatic N) is 2. The summed E-state index contributed by atoms with van der Waals surface area (Å²) in [6.45, 7) is 3.10. The molecule has 3 rings (SSSR count). The molecule has 1 unspecified atom stereocenters. The summed E-state index contributed by atoms with van der Waals surface area (Å²) < 4.78 is 5.13. The van der Waals surface area contributed by atoms with Crippen LogP contribution in [0.2, 0.25) is 0 Å². The van der Waals surface area contributed by atoms with Gasteiger partial charge < -0.3 is 10.1 Å². The van der Waals surface area contributed by atoms with Gasteiger partial charge in [0, 0.05) is 25.2 Å². The van der Waals surface area contributed by atoms with Crippen molar-refractivity contribution in [3.8, 4) is 0 Å². The minimum atomic E-state index is -0.701. The number of nitro benzene ring substituents is 1. The van der Waals surface area contributed by atoms with E-state index in [1.54, 1.807) is 13.0 Å². The van der Waals surface area contributed by atoms with Crippen LogP contribution < -0.4 is 5.32 Å². The molecule has 8 nitrogen and oxygen atoms in total. The van der Waals surface area contributed by atoms with Gasteiger partial charge in [0.25, 0.3) is 5.69 Å². The number of carbonyl (C=O) groups excluding carboxylic acids is 2. The number of hydrogen-bond donors (Lipinski definition) is 1. The van der Waals surface area contributed by atoms with Crippen molar-refractivity contribution in [3.63, 3.8) is 0 Å². The third-order valence-electron chi connectivity index (χ3n) is 4.65. The van der Waals surface area contributed by atoms with Gasteiger partial charge in [0.2, 0.25) is 5.91 Å². The van der Waals surface area contributed by atoms with Gasteiger partial charge in [0.05, 0.1) is 17.0 Å². The number of benzene rings is 2. The Kier molecular flexibility index (Phi) is 6.00. The van der Waals surface area contributed by atoms with Crippen LogP contribution in [0, 0.1) is 17.0 Å². The predicted octanol–water partition coefficient (Wildman–Crippen LogP) is 2.66. The van der Waals surface area contributed by atoms with Crippen LogP contribution in [0.4, 0.5) is 11.4 Å². The molecule has 0 bridgehead atoms. The summed E-state index contributed by atoms with van der Waals surface area (Å²) in [5.74, 6) is -0.835. The van der Waals surface area contributed by atoms with Crippen molar-refractivity contribution in [3.05, 3.63) is 69.8 Å². The van der Waals surface area contributed by atoms with Gasteiger partial charge in [0.1, 0.15) is 12.6 Å². The van der Waals surface area contributed by atoms with Crippen LogP contribution in [0.3, 0.4) is 0 Å². The zero-order valence-corrected chi connectivity index (χ0v) is 15.5. The first-order valence-electron chi connectivity index (χ1n) is 8.93. The van der Waals surface area contributed by atoms with Gasteiger partial charge in [-0.25, -0.2) is 0 Å². The Balaban J connectivity index is 1.71. The number of nitrogens with one attached hydrogen (secondary N) is 1. The van der Waals surface area contributed by atoms with Crippen LogP contribution >= 0.6 is 0 Å². The van der Waals surface area contributed by atoms with Crippen molar-refractivity contribution in [2.24, 2.45) is 0 Å². The smallest absolute Gasteiger partial charge is 0.323 e. The summed E-state index contributed by atoms with van der Waals surface area (Å²) in [6, 6.07) is 13.2. The second kappa shape index (κ2) is 8.62. The van der Waals surface area contributed by atoms with Crippen LogP contribution in [0.25, 0.3) is 0 Å². The van der Waals surface area contributed by atoms with E-state index in [0.29, 0.717) is 24.3 Å². The number of cyclic esters (lactones) is 1. The highest BCUT2D eigenvalue weighted by molar-refractivity contribution is 5.95. The first kappa shape index (κ1) is 19.5. The molecule has 1 amide bonds. The maximum absolute atomic E-state index is 12.5. The van der Waals surface area contributed by atoms with E-state index in [1.165, 1.54) is 12.1 Å². The minimum Gasteiger partial charge on any atom is -0.463 e. The van der Waals surface area contributed by atoms with Crippen LogP contribution in [0.15, 0.2) is 48.5 Å². The van der Waals surface area contributed by atoms with Crippen LogP contribution in [0.1, 0.15) is 17.5 Å². The Labute approximate surface area is 162 Å². The summed E-state index contributed by atoms with van der Waals surface area (Å²) in [5.41, 5.74) is 1.99. The highest BCUT2D eigenvalue weighted by atomic mass is 16.6. The van der Waals surface area contributed by atoms with Gasteiger partial charge >= 0.3 is 5.97 Å². The van der Waals surface area contributed by atoms with Gasteiger partial charge in [-0.15, -0.1) is 0 Å². The lowest BCUT2D eigenvalue weighted by Gasteiger charge is -2.33. The third kappa shape index (κ3) is 4.72. The molecular formula is C20H21N3O5. The number of nitro groups is 1. The predicted molar refractivity (Wildman–Crippen MR) is 103 cm³/mol. The van der Waals surface area contributed by atoms with Crippen molar-refractivity contribution in [2.75, 3.05) is 18.5 Å². The number of morpholine rings is 1. The van der Waals surface area contributed by atoms with Gasteiger partial charge in [-0.1, -0.05) is 36.4 Å². The molecule has 1 aliphatic rings. The summed E-state index contributed by atoms with van der Waals surface area (Å²) >= 11 is 0. The molecule has 2 aromatic rings. The number of amides is 1. The van der Waals surface area contributed by atoms with E-state index >= 15 is 0 Å². The second-order valence-corrected chi connectivity index (χ2v) is 6.65. The normalized spacial score (nSPS) is 17.0. The van der Waals surface area contributed by atoms with E-state index in [-0.39, 0.29) is 18.7 Å². The Hall–Kier alpha value is -3.26. The Morgan fingerprint density at radius 3 is 2.75 bits per heavy atom. The molecule has 1 aliphatic heterocycles. The van der Waals surface area contributed by atoms with E-state index in [4.69, 9.17) is 4.74 Å². The highest BCUT2D eigenvalue weighted by Crippen LogP contribution is 2.23. The summed E-state index contributed by atoms with van der Waals surface area (Å²) in [7, 11) is 0. The fourth-order valence-electron chi connectivity index (χ4n) is 3.12. The first-order chi connectivity index (χ1) is 13.4.